The van der Waals surface area contributed by atoms with Crippen LogP contribution in [0.4, 0.5) is 8.78 Å². The molecule has 0 aliphatic carbocycles. The molecule has 0 bridgehead atoms. The zero-order valence-electron chi connectivity index (χ0n) is 9.57. The maximum Gasteiger partial charge on any atom is 0.255 e. The zero-order valence-corrected chi connectivity index (χ0v) is 9.57. The second kappa shape index (κ2) is 5.10. The van der Waals surface area contributed by atoms with E-state index in [1.807, 2.05) is 0 Å². The highest BCUT2D eigenvalue weighted by Gasteiger charge is 2.07. The number of pyridine rings is 1. The zero-order chi connectivity index (χ0) is 13.1. The summed E-state index contributed by atoms with van der Waals surface area (Å²) in [7, 11) is 0. The molecule has 0 fully saturated rings. The van der Waals surface area contributed by atoms with Crippen LogP contribution in [0.25, 0.3) is 0 Å². The molecule has 1 aromatic heterocycles. The summed E-state index contributed by atoms with van der Waals surface area (Å²) >= 11 is 0. The van der Waals surface area contributed by atoms with E-state index in [1.165, 1.54) is 10.6 Å². The van der Waals surface area contributed by atoms with Crippen LogP contribution in [0.3, 0.4) is 0 Å². The van der Waals surface area contributed by atoms with Gasteiger partial charge in [0.15, 0.2) is 0 Å². The molecule has 0 amide bonds. The molecule has 2 rings (SSSR count). The average Bonchev–Trinajstić information content (AvgIpc) is 2.35. The quantitative estimate of drug-likeness (QED) is 0.900. The molecule has 2 aromatic rings. The number of nitrogens with zero attached hydrogens (tertiary/aromatic N) is 1. The number of benzene rings is 1. The van der Waals surface area contributed by atoms with Gasteiger partial charge in [0.1, 0.15) is 11.6 Å². The van der Waals surface area contributed by atoms with Crippen LogP contribution in [-0.2, 0) is 13.1 Å². The molecular formula is C13H12F2N2O. The summed E-state index contributed by atoms with van der Waals surface area (Å²) in [6.45, 7) is 0.185. The topological polar surface area (TPSA) is 48.0 Å². The monoisotopic (exact) mass is 250 g/mol. The van der Waals surface area contributed by atoms with E-state index in [2.05, 4.69) is 0 Å². The fourth-order valence-corrected chi connectivity index (χ4v) is 1.70. The molecule has 5 heteroatoms. The molecule has 2 N–H and O–H groups in total. The van der Waals surface area contributed by atoms with Crippen molar-refractivity contribution in [2.45, 2.75) is 13.1 Å². The first-order chi connectivity index (χ1) is 8.61. The molecule has 1 aromatic carbocycles. The molecule has 0 aliphatic rings. The van der Waals surface area contributed by atoms with Crippen LogP contribution in [0, 0.1) is 11.6 Å². The van der Waals surface area contributed by atoms with Gasteiger partial charge in [0, 0.05) is 29.9 Å². The fraction of sp³-hybridized carbons (Fsp3) is 0.154. The molecule has 94 valence electrons. The Bertz CT molecular complexity index is 623. The lowest BCUT2D eigenvalue weighted by Gasteiger charge is -2.08. The van der Waals surface area contributed by atoms with Gasteiger partial charge >= 0.3 is 0 Å². The van der Waals surface area contributed by atoms with Crippen molar-refractivity contribution in [3.05, 3.63) is 69.6 Å². The van der Waals surface area contributed by atoms with Gasteiger partial charge in [0.2, 0.25) is 0 Å². The molecule has 0 radical (unpaired) electrons. The maximum absolute atomic E-state index is 13.5. The normalized spacial score (nSPS) is 10.6. The van der Waals surface area contributed by atoms with Crippen LogP contribution in [0.2, 0.25) is 0 Å². The van der Waals surface area contributed by atoms with Crippen molar-refractivity contribution in [2.24, 2.45) is 5.73 Å². The molecule has 0 saturated carbocycles. The first-order valence-electron chi connectivity index (χ1n) is 5.44. The second-order valence-corrected chi connectivity index (χ2v) is 3.91. The molecule has 3 nitrogen and oxygen atoms in total. The Morgan fingerprint density at radius 2 is 1.94 bits per heavy atom. The van der Waals surface area contributed by atoms with Crippen LogP contribution in [0.15, 0.2) is 41.3 Å². The van der Waals surface area contributed by atoms with Crippen LogP contribution < -0.4 is 11.3 Å². The Hall–Kier alpha value is -2.01. The number of hydrogen-bond donors (Lipinski definition) is 1. The third kappa shape index (κ3) is 2.46. The van der Waals surface area contributed by atoms with Gasteiger partial charge in [-0.1, -0.05) is 12.1 Å². The van der Waals surface area contributed by atoms with Gasteiger partial charge in [-0.2, -0.15) is 0 Å². The van der Waals surface area contributed by atoms with Crippen molar-refractivity contribution in [1.29, 1.82) is 0 Å². The number of nitrogens with two attached hydrogens (primary N) is 1. The minimum atomic E-state index is -0.667. The van der Waals surface area contributed by atoms with E-state index in [-0.39, 0.29) is 24.2 Å². The lowest BCUT2D eigenvalue weighted by Crippen LogP contribution is -2.25. The van der Waals surface area contributed by atoms with E-state index in [1.54, 1.807) is 18.3 Å². The lowest BCUT2D eigenvalue weighted by atomic mass is 10.2. The molecule has 18 heavy (non-hydrogen) atoms. The largest absolute Gasteiger partial charge is 0.326 e. The van der Waals surface area contributed by atoms with E-state index in [0.29, 0.717) is 5.56 Å². The van der Waals surface area contributed by atoms with E-state index in [0.717, 1.165) is 12.1 Å². The molecule has 0 atom stereocenters. The highest BCUT2D eigenvalue weighted by molar-refractivity contribution is 5.20. The number of aromatic nitrogens is 1. The van der Waals surface area contributed by atoms with E-state index in [9.17, 15) is 13.6 Å². The van der Waals surface area contributed by atoms with Crippen LogP contribution in [-0.4, -0.2) is 4.57 Å². The highest BCUT2D eigenvalue weighted by atomic mass is 19.1. The Kier molecular flexibility index (Phi) is 3.53. The predicted molar refractivity (Wildman–Crippen MR) is 64.1 cm³/mol. The molecule has 0 unspecified atom stereocenters. The summed E-state index contributed by atoms with van der Waals surface area (Å²) in [5.41, 5.74) is 5.88. The predicted octanol–water partition coefficient (Wildman–Crippen LogP) is 1.63. The first kappa shape index (κ1) is 12.4. The van der Waals surface area contributed by atoms with E-state index >= 15 is 0 Å². The van der Waals surface area contributed by atoms with Crippen LogP contribution in [0.5, 0.6) is 0 Å². The molecular weight excluding hydrogens is 238 g/mol. The fourth-order valence-electron chi connectivity index (χ4n) is 1.70. The van der Waals surface area contributed by atoms with E-state index in [4.69, 9.17) is 5.73 Å². The molecule has 0 aliphatic heterocycles. The Balaban J connectivity index is 2.37. The third-order valence-electron chi connectivity index (χ3n) is 2.67. The minimum Gasteiger partial charge on any atom is -0.326 e. The standard InChI is InChI=1S/C13H12F2N2O/c14-11-4-3-10(12(15)6-11)8-17-5-1-2-9(7-16)13(17)18/h1-6H,7-8,16H2. The van der Waals surface area contributed by atoms with Gasteiger partial charge in [0.05, 0.1) is 6.54 Å². The lowest BCUT2D eigenvalue weighted by molar-refractivity contribution is 0.564. The number of hydrogen-bond acceptors (Lipinski definition) is 2. The van der Waals surface area contributed by atoms with Gasteiger partial charge < -0.3 is 10.3 Å². The number of halogens is 2. The SMILES string of the molecule is NCc1cccn(Cc2ccc(F)cc2F)c1=O. The van der Waals surface area contributed by atoms with Crippen LogP contribution in [0.1, 0.15) is 11.1 Å². The first-order valence-corrected chi connectivity index (χ1v) is 5.44. The average molecular weight is 250 g/mol. The van der Waals surface area contributed by atoms with Crippen molar-refractivity contribution in [3.63, 3.8) is 0 Å². The van der Waals surface area contributed by atoms with Crippen molar-refractivity contribution in [1.82, 2.24) is 4.57 Å². The van der Waals surface area contributed by atoms with Gasteiger partial charge in [-0.05, 0) is 12.1 Å². The molecule has 0 spiro atoms. The van der Waals surface area contributed by atoms with Crippen LogP contribution >= 0.6 is 0 Å². The van der Waals surface area contributed by atoms with Crippen molar-refractivity contribution >= 4 is 0 Å². The second-order valence-electron chi connectivity index (χ2n) is 3.91. The summed E-state index contributed by atoms with van der Waals surface area (Å²) < 4.78 is 27.6. The molecule has 0 saturated heterocycles. The number of rotatable bonds is 3. The van der Waals surface area contributed by atoms with Gasteiger partial charge in [-0.15, -0.1) is 0 Å². The molecule has 1 heterocycles. The Morgan fingerprint density at radius 3 is 2.61 bits per heavy atom. The summed E-state index contributed by atoms with van der Waals surface area (Å²) in [6, 6.07) is 6.58. The van der Waals surface area contributed by atoms with Gasteiger partial charge in [0.25, 0.3) is 5.56 Å². The van der Waals surface area contributed by atoms with E-state index < -0.39 is 11.6 Å². The van der Waals surface area contributed by atoms with Crippen molar-refractivity contribution in [2.75, 3.05) is 0 Å². The maximum atomic E-state index is 13.5. The van der Waals surface area contributed by atoms with Crippen molar-refractivity contribution < 1.29 is 8.78 Å². The highest BCUT2D eigenvalue weighted by Crippen LogP contribution is 2.10. The summed E-state index contributed by atoms with van der Waals surface area (Å²) in [4.78, 5) is 11.9. The summed E-state index contributed by atoms with van der Waals surface area (Å²) in [5, 5.41) is 0. The van der Waals surface area contributed by atoms with Crippen molar-refractivity contribution in [3.8, 4) is 0 Å². The third-order valence-corrected chi connectivity index (χ3v) is 2.67. The summed E-state index contributed by atoms with van der Waals surface area (Å²) in [5.74, 6) is -1.31. The Labute approximate surface area is 102 Å². The van der Waals surface area contributed by atoms with Gasteiger partial charge in [-0.25, -0.2) is 8.78 Å². The summed E-state index contributed by atoms with van der Waals surface area (Å²) in [6.07, 6.45) is 1.55. The smallest absolute Gasteiger partial charge is 0.255 e. The Morgan fingerprint density at radius 1 is 1.17 bits per heavy atom. The minimum absolute atomic E-state index is 0.0544. The van der Waals surface area contributed by atoms with Gasteiger partial charge in [-0.3, -0.25) is 4.79 Å².